The molecule has 3 heterocycles. The van der Waals surface area contributed by atoms with Gasteiger partial charge in [-0.25, -0.2) is 14.4 Å². The van der Waals surface area contributed by atoms with Gasteiger partial charge in [-0.2, -0.15) is 0 Å². The van der Waals surface area contributed by atoms with Gasteiger partial charge in [0.25, 0.3) is 0 Å². The molecule has 2 aromatic carbocycles. The van der Waals surface area contributed by atoms with Gasteiger partial charge in [0.15, 0.2) is 17.5 Å². The molecule has 2 N–H and O–H groups in total. The molecular formula is C28H28FN7O2. The van der Waals surface area contributed by atoms with Crippen LogP contribution in [-0.2, 0) is 11.3 Å². The minimum atomic E-state index is -0.439. The molecule has 0 amide bonds. The number of nitrogens with one attached hydrogen (secondary N) is 2. The van der Waals surface area contributed by atoms with Crippen LogP contribution < -0.4 is 20.3 Å². The molecule has 0 atom stereocenters. The van der Waals surface area contributed by atoms with Gasteiger partial charge in [-0.05, 0) is 42.5 Å². The lowest BCUT2D eigenvalue weighted by Gasteiger charge is -2.28. The maximum atomic E-state index is 14.2. The number of aliphatic imine (C=N–C) groups is 1. The number of aromatic nitrogens is 3. The molecule has 1 aliphatic rings. The quantitative estimate of drug-likeness (QED) is 0.303. The SMILES string of the molecule is COc1cccc(Nc2cccc(Nc3ccc(C=NCc4ncc(F)c(N5CCOCC5)n4)nc3)c2)c1. The fraction of sp³-hybridized carbons (Fsp3) is 0.214. The van der Waals surface area contributed by atoms with Crippen molar-refractivity contribution in [2.24, 2.45) is 4.99 Å². The van der Waals surface area contributed by atoms with Gasteiger partial charge in [0.1, 0.15) is 5.75 Å². The highest BCUT2D eigenvalue weighted by atomic mass is 19.1. The minimum absolute atomic E-state index is 0.229. The van der Waals surface area contributed by atoms with E-state index in [0.717, 1.165) is 28.5 Å². The van der Waals surface area contributed by atoms with Crippen LogP contribution in [0, 0.1) is 5.82 Å². The van der Waals surface area contributed by atoms with E-state index in [1.165, 1.54) is 6.20 Å². The second kappa shape index (κ2) is 12.1. The minimum Gasteiger partial charge on any atom is -0.497 e. The van der Waals surface area contributed by atoms with E-state index in [0.29, 0.717) is 43.6 Å². The first kappa shape index (κ1) is 25.1. The van der Waals surface area contributed by atoms with Gasteiger partial charge < -0.3 is 25.0 Å². The standard InChI is InChI=1S/C28H28FN7O2/c1-37-25-7-3-6-22(15-25)33-20-4-2-5-21(14-20)34-24-9-8-23(31-17-24)16-30-19-27-32-18-26(29)28(35-27)36-10-12-38-13-11-36/h2-9,14-18,33-34H,10-13,19H2,1H3. The lowest BCUT2D eigenvalue weighted by Crippen LogP contribution is -2.37. The Labute approximate surface area is 220 Å². The summed E-state index contributed by atoms with van der Waals surface area (Å²) in [6.07, 6.45) is 4.60. The average molecular weight is 514 g/mol. The first-order chi connectivity index (χ1) is 18.7. The van der Waals surface area contributed by atoms with E-state index in [2.05, 4.69) is 30.6 Å². The van der Waals surface area contributed by atoms with E-state index in [-0.39, 0.29) is 6.54 Å². The van der Waals surface area contributed by atoms with Gasteiger partial charge in [0.05, 0.1) is 50.6 Å². The van der Waals surface area contributed by atoms with E-state index < -0.39 is 5.82 Å². The van der Waals surface area contributed by atoms with Crippen LogP contribution in [0.25, 0.3) is 0 Å². The first-order valence-electron chi connectivity index (χ1n) is 12.2. The van der Waals surface area contributed by atoms with Gasteiger partial charge in [0, 0.05) is 42.4 Å². The van der Waals surface area contributed by atoms with Crippen LogP contribution in [0.4, 0.5) is 33.0 Å². The van der Waals surface area contributed by atoms with Crippen molar-refractivity contribution in [3.63, 3.8) is 0 Å². The van der Waals surface area contributed by atoms with Gasteiger partial charge in [-0.1, -0.05) is 12.1 Å². The zero-order chi connectivity index (χ0) is 26.2. The molecule has 0 bridgehead atoms. The molecule has 0 saturated carbocycles. The number of methoxy groups -OCH3 is 1. The van der Waals surface area contributed by atoms with Crippen molar-refractivity contribution in [3.05, 3.63) is 90.4 Å². The summed E-state index contributed by atoms with van der Waals surface area (Å²) < 4.78 is 24.8. The molecule has 5 rings (SSSR count). The number of morpholine rings is 1. The summed E-state index contributed by atoms with van der Waals surface area (Å²) in [5, 5.41) is 6.75. The van der Waals surface area contributed by atoms with Crippen molar-refractivity contribution in [2.45, 2.75) is 6.54 Å². The summed E-state index contributed by atoms with van der Waals surface area (Å²) in [6, 6.07) is 19.5. The number of benzene rings is 2. The van der Waals surface area contributed by atoms with Crippen LogP contribution in [0.3, 0.4) is 0 Å². The Kier molecular flexibility index (Phi) is 8.00. The van der Waals surface area contributed by atoms with Crippen molar-refractivity contribution < 1.29 is 13.9 Å². The summed E-state index contributed by atoms with van der Waals surface area (Å²) in [5.41, 5.74) is 4.35. The largest absolute Gasteiger partial charge is 0.497 e. The molecule has 0 spiro atoms. The van der Waals surface area contributed by atoms with Gasteiger partial charge in [-0.3, -0.25) is 9.98 Å². The molecule has 1 saturated heterocycles. The van der Waals surface area contributed by atoms with E-state index in [1.807, 2.05) is 65.6 Å². The van der Waals surface area contributed by atoms with Crippen LogP contribution in [0.1, 0.15) is 11.5 Å². The Bertz CT molecular complexity index is 1390. The molecule has 10 heteroatoms. The highest BCUT2D eigenvalue weighted by molar-refractivity contribution is 5.77. The maximum Gasteiger partial charge on any atom is 0.183 e. The van der Waals surface area contributed by atoms with Crippen molar-refractivity contribution in [3.8, 4) is 5.75 Å². The third-order valence-electron chi connectivity index (χ3n) is 5.84. The van der Waals surface area contributed by atoms with Gasteiger partial charge in [-0.15, -0.1) is 0 Å². The summed E-state index contributed by atoms with van der Waals surface area (Å²) >= 11 is 0. The zero-order valence-corrected chi connectivity index (χ0v) is 21.0. The van der Waals surface area contributed by atoms with E-state index >= 15 is 0 Å². The van der Waals surface area contributed by atoms with Crippen molar-refractivity contribution in [1.82, 2.24) is 15.0 Å². The second-order valence-corrected chi connectivity index (χ2v) is 8.56. The highest BCUT2D eigenvalue weighted by Crippen LogP contribution is 2.25. The Morgan fingerprint density at radius 1 is 0.947 bits per heavy atom. The number of hydrogen-bond acceptors (Lipinski definition) is 9. The predicted octanol–water partition coefficient (Wildman–Crippen LogP) is 4.96. The van der Waals surface area contributed by atoms with Crippen molar-refractivity contribution in [2.75, 3.05) is 48.9 Å². The number of anilines is 5. The topological polar surface area (TPSA) is 96.8 Å². The Hall–Kier alpha value is -4.57. The van der Waals surface area contributed by atoms with Crippen LogP contribution in [-0.4, -0.2) is 54.6 Å². The van der Waals surface area contributed by atoms with Crippen molar-refractivity contribution in [1.29, 1.82) is 0 Å². The molecule has 4 aromatic rings. The Morgan fingerprint density at radius 2 is 1.68 bits per heavy atom. The van der Waals surface area contributed by atoms with Gasteiger partial charge >= 0.3 is 0 Å². The third-order valence-corrected chi connectivity index (χ3v) is 5.84. The molecule has 0 radical (unpaired) electrons. The van der Waals surface area contributed by atoms with Crippen LogP contribution in [0.5, 0.6) is 5.75 Å². The monoisotopic (exact) mass is 513 g/mol. The average Bonchev–Trinajstić information content (AvgIpc) is 2.96. The number of ether oxygens (including phenoxy) is 2. The molecule has 9 nitrogen and oxygen atoms in total. The number of pyridine rings is 1. The summed E-state index contributed by atoms with van der Waals surface area (Å²) in [7, 11) is 1.65. The third kappa shape index (κ3) is 6.60. The summed E-state index contributed by atoms with van der Waals surface area (Å²) in [6.45, 7) is 2.54. The van der Waals surface area contributed by atoms with Crippen LogP contribution >= 0.6 is 0 Å². The highest BCUT2D eigenvalue weighted by Gasteiger charge is 2.17. The predicted molar refractivity (Wildman–Crippen MR) is 147 cm³/mol. The molecule has 1 fully saturated rings. The van der Waals surface area contributed by atoms with Crippen LogP contribution in [0.2, 0.25) is 0 Å². The molecular weight excluding hydrogens is 485 g/mol. The lowest BCUT2D eigenvalue weighted by atomic mass is 10.2. The second-order valence-electron chi connectivity index (χ2n) is 8.56. The Balaban J connectivity index is 1.18. The smallest absolute Gasteiger partial charge is 0.183 e. The first-order valence-corrected chi connectivity index (χ1v) is 12.2. The van der Waals surface area contributed by atoms with Crippen LogP contribution in [0.15, 0.2) is 78.0 Å². The normalized spacial score (nSPS) is 13.5. The molecule has 1 aliphatic heterocycles. The van der Waals surface area contributed by atoms with Gasteiger partial charge in [0.2, 0.25) is 0 Å². The lowest BCUT2D eigenvalue weighted by molar-refractivity contribution is 0.122. The number of hydrogen-bond donors (Lipinski definition) is 2. The fourth-order valence-electron chi connectivity index (χ4n) is 3.95. The Morgan fingerprint density at radius 3 is 2.42 bits per heavy atom. The summed E-state index contributed by atoms with van der Waals surface area (Å²) in [5.74, 6) is 1.10. The molecule has 2 aromatic heterocycles. The summed E-state index contributed by atoms with van der Waals surface area (Å²) in [4.78, 5) is 19.1. The van der Waals surface area contributed by atoms with E-state index in [1.54, 1.807) is 19.5 Å². The zero-order valence-electron chi connectivity index (χ0n) is 21.0. The van der Waals surface area contributed by atoms with E-state index in [4.69, 9.17) is 9.47 Å². The van der Waals surface area contributed by atoms with E-state index in [9.17, 15) is 4.39 Å². The molecule has 0 aliphatic carbocycles. The number of rotatable bonds is 9. The fourth-order valence-corrected chi connectivity index (χ4v) is 3.95. The maximum absolute atomic E-state index is 14.2. The number of halogens is 1. The number of nitrogens with zero attached hydrogens (tertiary/aromatic N) is 5. The molecule has 0 unspecified atom stereocenters. The molecule has 38 heavy (non-hydrogen) atoms. The van der Waals surface area contributed by atoms with Crippen molar-refractivity contribution >= 4 is 34.8 Å². The molecule has 194 valence electrons.